The standard InChI is InChI=1S/C20H21N3O2S/c24-18(16-13-21-20-23(19(16)25)11-12-26-20)22-17(14-7-3-1-4-8-14)15-9-5-2-6-10-15/h1,3-4,7-8,11-13,15,17H,2,5-6,9-10H2,(H,22,24)/t17-/m0/s1. The molecule has 0 aliphatic heterocycles. The molecule has 1 aliphatic carbocycles. The summed E-state index contributed by atoms with van der Waals surface area (Å²) >= 11 is 1.38. The Morgan fingerprint density at radius 2 is 1.96 bits per heavy atom. The van der Waals surface area contributed by atoms with Crippen molar-refractivity contribution in [3.63, 3.8) is 0 Å². The zero-order valence-electron chi connectivity index (χ0n) is 14.4. The van der Waals surface area contributed by atoms with Crippen molar-refractivity contribution in [1.29, 1.82) is 0 Å². The van der Waals surface area contributed by atoms with E-state index in [0.29, 0.717) is 10.9 Å². The fourth-order valence-electron chi connectivity index (χ4n) is 3.80. The van der Waals surface area contributed by atoms with Crippen LogP contribution in [0.4, 0.5) is 0 Å². The van der Waals surface area contributed by atoms with Crippen molar-refractivity contribution < 1.29 is 4.79 Å². The van der Waals surface area contributed by atoms with Crippen LogP contribution < -0.4 is 10.9 Å². The number of hydrogen-bond acceptors (Lipinski definition) is 4. The highest BCUT2D eigenvalue weighted by Gasteiger charge is 2.27. The third kappa shape index (κ3) is 3.29. The van der Waals surface area contributed by atoms with Gasteiger partial charge in [0.1, 0.15) is 5.56 Å². The summed E-state index contributed by atoms with van der Waals surface area (Å²) in [7, 11) is 0. The summed E-state index contributed by atoms with van der Waals surface area (Å²) in [5.41, 5.74) is 0.874. The molecular weight excluding hydrogens is 346 g/mol. The summed E-state index contributed by atoms with van der Waals surface area (Å²) in [6.45, 7) is 0. The van der Waals surface area contributed by atoms with Gasteiger partial charge in [0.05, 0.1) is 6.04 Å². The van der Waals surface area contributed by atoms with E-state index in [1.54, 1.807) is 11.6 Å². The molecule has 5 nitrogen and oxygen atoms in total. The van der Waals surface area contributed by atoms with Gasteiger partial charge in [0.2, 0.25) is 0 Å². The third-order valence-electron chi connectivity index (χ3n) is 5.15. The maximum absolute atomic E-state index is 12.9. The van der Waals surface area contributed by atoms with Crippen molar-refractivity contribution in [2.45, 2.75) is 38.1 Å². The highest BCUT2D eigenvalue weighted by Crippen LogP contribution is 2.34. The molecule has 0 radical (unpaired) electrons. The normalized spacial score (nSPS) is 16.5. The molecule has 6 heteroatoms. The van der Waals surface area contributed by atoms with Crippen LogP contribution in [0.15, 0.2) is 52.9 Å². The van der Waals surface area contributed by atoms with E-state index >= 15 is 0 Å². The Bertz CT molecular complexity index is 958. The molecule has 134 valence electrons. The van der Waals surface area contributed by atoms with Gasteiger partial charge in [-0.25, -0.2) is 4.98 Å². The summed E-state index contributed by atoms with van der Waals surface area (Å²) in [6, 6.07) is 9.98. The molecule has 1 aromatic carbocycles. The maximum Gasteiger partial charge on any atom is 0.271 e. The summed E-state index contributed by atoms with van der Waals surface area (Å²) in [6.07, 6.45) is 8.88. The van der Waals surface area contributed by atoms with Crippen LogP contribution in [0.3, 0.4) is 0 Å². The first-order valence-electron chi connectivity index (χ1n) is 9.05. The molecule has 0 unspecified atom stereocenters. The smallest absolute Gasteiger partial charge is 0.271 e. The molecule has 1 amide bonds. The minimum Gasteiger partial charge on any atom is -0.345 e. The quantitative estimate of drug-likeness (QED) is 0.763. The number of rotatable bonds is 4. The van der Waals surface area contributed by atoms with Crippen LogP contribution in [0.5, 0.6) is 0 Å². The molecule has 1 saturated carbocycles. The van der Waals surface area contributed by atoms with E-state index in [1.807, 2.05) is 30.3 Å². The Labute approximate surface area is 155 Å². The summed E-state index contributed by atoms with van der Waals surface area (Å²) < 4.78 is 1.43. The molecule has 1 atom stereocenters. The number of nitrogens with zero attached hydrogens (tertiary/aromatic N) is 2. The maximum atomic E-state index is 12.9. The van der Waals surface area contributed by atoms with Crippen LogP contribution in [0.25, 0.3) is 4.96 Å². The molecule has 4 rings (SSSR count). The van der Waals surface area contributed by atoms with E-state index in [1.165, 1.54) is 41.2 Å². The van der Waals surface area contributed by atoms with Gasteiger partial charge in [0.15, 0.2) is 4.96 Å². The van der Waals surface area contributed by atoms with Crippen molar-refractivity contribution >= 4 is 22.2 Å². The number of carbonyl (C=O) groups excluding carboxylic acids is 1. The van der Waals surface area contributed by atoms with Crippen LogP contribution in [0, 0.1) is 5.92 Å². The van der Waals surface area contributed by atoms with Crippen LogP contribution in [0.1, 0.15) is 54.1 Å². The first-order chi connectivity index (χ1) is 12.7. The Balaban J connectivity index is 1.64. The van der Waals surface area contributed by atoms with Gasteiger partial charge in [0.25, 0.3) is 11.5 Å². The second-order valence-corrected chi connectivity index (χ2v) is 7.67. The molecule has 26 heavy (non-hydrogen) atoms. The molecule has 1 N–H and O–H groups in total. The summed E-state index contributed by atoms with van der Waals surface area (Å²) in [5, 5.41) is 4.92. The molecule has 3 aromatic rings. The van der Waals surface area contributed by atoms with Crippen molar-refractivity contribution in [2.75, 3.05) is 0 Å². The van der Waals surface area contributed by atoms with Crippen molar-refractivity contribution in [1.82, 2.24) is 14.7 Å². The molecule has 2 aromatic heterocycles. The number of carbonyl (C=O) groups is 1. The third-order valence-corrected chi connectivity index (χ3v) is 5.92. The number of fused-ring (bicyclic) bond motifs is 1. The zero-order valence-corrected chi connectivity index (χ0v) is 15.2. The lowest BCUT2D eigenvalue weighted by atomic mass is 9.81. The minimum absolute atomic E-state index is 0.0772. The van der Waals surface area contributed by atoms with Crippen molar-refractivity contribution in [3.05, 3.63) is 69.6 Å². The number of aromatic nitrogens is 2. The zero-order chi connectivity index (χ0) is 17.9. The molecule has 0 spiro atoms. The monoisotopic (exact) mass is 367 g/mol. The predicted octanol–water partition coefficient (Wildman–Crippen LogP) is 3.81. The highest BCUT2D eigenvalue weighted by atomic mass is 32.1. The first-order valence-corrected chi connectivity index (χ1v) is 9.92. The van der Waals surface area contributed by atoms with Gasteiger partial charge in [-0.2, -0.15) is 0 Å². The van der Waals surface area contributed by atoms with E-state index in [0.717, 1.165) is 18.4 Å². The Morgan fingerprint density at radius 1 is 1.19 bits per heavy atom. The molecular formula is C20H21N3O2S. The predicted molar refractivity (Wildman–Crippen MR) is 103 cm³/mol. The van der Waals surface area contributed by atoms with Gasteiger partial charge in [-0.3, -0.25) is 14.0 Å². The Hall–Kier alpha value is -2.47. The molecule has 0 bridgehead atoms. The number of amides is 1. The summed E-state index contributed by atoms with van der Waals surface area (Å²) in [4.78, 5) is 30.3. The lowest BCUT2D eigenvalue weighted by molar-refractivity contribution is 0.0910. The SMILES string of the molecule is O=C(N[C@@H](c1ccccc1)C1CCCCC1)c1cnc2sccn2c1=O. The van der Waals surface area contributed by atoms with Crippen LogP contribution in [0.2, 0.25) is 0 Å². The van der Waals surface area contributed by atoms with Gasteiger partial charge in [-0.15, -0.1) is 11.3 Å². The van der Waals surface area contributed by atoms with Crippen molar-refractivity contribution in [3.8, 4) is 0 Å². The second-order valence-electron chi connectivity index (χ2n) is 6.79. The second kappa shape index (κ2) is 7.41. The highest BCUT2D eigenvalue weighted by molar-refractivity contribution is 7.15. The molecule has 2 heterocycles. The van der Waals surface area contributed by atoms with Gasteiger partial charge < -0.3 is 5.32 Å². The lowest BCUT2D eigenvalue weighted by Gasteiger charge is -2.31. The average Bonchev–Trinajstić information content (AvgIpc) is 3.17. The van der Waals surface area contributed by atoms with E-state index in [-0.39, 0.29) is 23.1 Å². The van der Waals surface area contributed by atoms with E-state index in [9.17, 15) is 9.59 Å². The molecule has 1 fully saturated rings. The van der Waals surface area contributed by atoms with E-state index in [4.69, 9.17) is 0 Å². The van der Waals surface area contributed by atoms with Gasteiger partial charge >= 0.3 is 0 Å². The lowest BCUT2D eigenvalue weighted by Crippen LogP contribution is -2.37. The van der Waals surface area contributed by atoms with E-state index in [2.05, 4.69) is 10.3 Å². The number of benzene rings is 1. The first kappa shape index (κ1) is 17.0. The minimum atomic E-state index is -0.345. The fraction of sp³-hybridized carbons (Fsp3) is 0.350. The summed E-state index contributed by atoms with van der Waals surface area (Å²) in [5.74, 6) is 0.0539. The number of nitrogens with one attached hydrogen (secondary N) is 1. The van der Waals surface area contributed by atoms with Crippen molar-refractivity contribution in [2.24, 2.45) is 5.92 Å². The molecule has 0 saturated heterocycles. The Kier molecular flexibility index (Phi) is 4.84. The van der Waals surface area contributed by atoms with Crippen LogP contribution in [-0.4, -0.2) is 15.3 Å². The Morgan fingerprint density at radius 3 is 2.73 bits per heavy atom. The fourth-order valence-corrected chi connectivity index (χ4v) is 4.48. The van der Waals surface area contributed by atoms with E-state index < -0.39 is 0 Å². The van der Waals surface area contributed by atoms with Crippen LogP contribution in [-0.2, 0) is 0 Å². The largest absolute Gasteiger partial charge is 0.345 e. The topological polar surface area (TPSA) is 63.5 Å². The van der Waals surface area contributed by atoms with Gasteiger partial charge in [0, 0.05) is 17.8 Å². The van der Waals surface area contributed by atoms with Crippen LogP contribution >= 0.6 is 11.3 Å². The molecule has 1 aliphatic rings. The number of hydrogen-bond donors (Lipinski definition) is 1. The van der Waals surface area contributed by atoms with Gasteiger partial charge in [-0.1, -0.05) is 49.6 Å². The van der Waals surface area contributed by atoms with Gasteiger partial charge in [-0.05, 0) is 24.3 Å². The average molecular weight is 367 g/mol. The number of thiazole rings is 1.